The smallest absolute Gasteiger partial charge is 0.152 e. The Hall–Kier alpha value is -0.370. The maximum Gasteiger partial charge on any atom is 0.152 e. The van der Waals surface area contributed by atoms with Crippen LogP contribution in [0.5, 0.6) is 0 Å². The molecule has 0 saturated carbocycles. The Bertz CT molecular complexity index is 105. The summed E-state index contributed by atoms with van der Waals surface area (Å²) in [6, 6.07) is 0.00921. The van der Waals surface area contributed by atoms with Gasteiger partial charge in [0.25, 0.3) is 0 Å². The zero-order valence-electron chi connectivity index (χ0n) is 7.27. The summed E-state index contributed by atoms with van der Waals surface area (Å²) in [6.45, 7) is 5.90. The second kappa shape index (κ2) is 4.45. The van der Waals surface area contributed by atoms with E-state index in [1.807, 2.05) is 27.8 Å². The van der Waals surface area contributed by atoms with E-state index in [0.29, 0.717) is 5.78 Å². The highest BCUT2D eigenvalue weighted by Gasteiger charge is 2.15. The van der Waals surface area contributed by atoms with E-state index in [1.165, 1.54) is 0 Å². The summed E-state index contributed by atoms with van der Waals surface area (Å²) in [5.41, 5.74) is 0. The van der Waals surface area contributed by atoms with Gasteiger partial charge in [-0.25, -0.2) is 0 Å². The van der Waals surface area contributed by atoms with Gasteiger partial charge in [-0.1, -0.05) is 13.8 Å². The van der Waals surface area contributed by atoms with E-state index in [0.717, 1.165) is 6.42 Å². The molecule has 0 aromatic carbocycles. The van der Waals surface area contributed by atoms with Crippen molar-refractivity contribution in [2.45, 2.75) is 33.2 Å². The molecule has 0 saturated heterocycles. The zero-order valence-corrected chi connectivity index (χ0v) is 7.27. The third-order valence-electron chi connectivity index (χ3n) is 1.96. The highest BCUT2D eigenvalue weighted by molar-refractivity contribution is 5.85. The van der Waals surface area contributed by atoms with Gasteiger partial charge in [0, 0.05) is 7.34 Å². The van der Waals surface area contributed by atoms with E-state index in [9.17, 15) is 4.79 Å². The molecule has 0 aromatic rings. The molecule has 2 nitrogen and oxygen atoms in total. The molecule has 1 unspecified atom stereocenters. The van der Waals surface area contributed by atoms with Crippen LogP contribution in [0.2, 0.25) is 0 Å². The lowest BCUT2D eigenvalue weighted by molar-refractivity contribution is -0.124. The van der Waals surface area contributed by atoms with Gasteiger partial charge in [-0.3, -0.25) is 4.79 Å². The van der Waals surface area contributed by atoms with Crippen LogP contribution in [-0.4, -0.2) is 18.9 Å². The monoisotopic (exact) mass is 145 g/mol. The van der Waals surface area contributed by atoms with Gasteiger partial charge in [-0.15, -0.1) is 0 Å². The number of carbonyl (C=O) groups is 1. The molecule has 0 bridgehead atoms. The maximum absolute atomic E-state index is 11.2. The third-order valence-corrected chi connectivity index (χ3v) is 1.96. The number of Topliss-reactive ketones (excluding diaryl/α,β-unsaturated/α-hetero) is 1. The Kier molecular flexibility index (Phi) is 4.28. The van der Waals surface area contributed by atoms with Crippen molar-refractivity contribution in [2.24, 2.45) is 5.92 Å². The summed E-state index contributed by atoms with van der Waals surface area (Å²) in [6.07, 6.45) is 0.935. The van der Waals surface area contributed by atoms with Gasteiger partial charge >= 0.3 is 0 Å². The summed E-state index contributed by atoms with van der Waals surface area (Å²) >= 11 is 0. The number of ketones is 1. The normalized spacial score (nSPS) is 16.4. The van der Waals surface area contributed by atoms with Gasteiger partial charge in [0.1, 0.15) is 0 Å². The standard InChI is InChI=1S/C8H17NO.H2/c1-5-6(2)8(10)7(3)9-4;/h6-7,9H,5H2,1-4H3;1H/t6?,7-;/m0./s1. The van der Waals surface area contributed by atoms with Crippen LogP contribution in [-0.2, 0) is 4.79 Å². The first-order chi connectivity index (χ1) is 4.63. The average molecular weight is 145 g/mol. The fourth-order valence-corrected chi connectivity index (χ4v) is 0.770. The molecule has 0 aliphatic heterocycles. The van der Waals surface area contributed by atoms with Gasteiger partial charge in [-0.2, -0.15) is 0 Å². The molecule has 0 fully saturated rings. The van der Waals surface area contributed by atoms with Crippen molar-refractivity contribution >= 4 is 5.78 Å². The van der Waals surface area contributed by atoms with E-state index >= 15 is 0 Å². The Morgan fingerprint density at radius 3 is 2.40 bits per heavy atom. The molecule has 0 aliphatic carbocycles. The van der Waals surface area contributed by atoms with Crippen LogP contribution >= 0.6 is 0 Å². The van der Waals surface area contributed by atoms with Crippen molar-refractivity contribution in [1.29, 1.82) is 0 Å². The number of hydrogen-bond acceptors (Lipinski definition) is 2. The van der Waals surface area contributed by atoms with Gasteiger partial charge in [-0.05, 0) is 20.4 Å². The first-order valence-corrected chi connectivity index (χ1v) is 3.84. The van der Waals surface area contributed by atoms with Gasteiger partial charge in [0.15, 0.2) is 5.78 Å². The summed E-state index contributed by atoms with van der Waals surface area (Å²) in [7, 11) is 1.81. The molecule has 0 aromatic heterocycles. The number of rotatable bonds is 4. The van der Waals surface area contributed by atoms with E-state index in [1.54, 1.807) is 0 Å². The lowest BCUT2D eigenvalue weighted by Gasteiger charge is -2.13. The van der Waals surface area contributed by atoms with Crippen molar-refractivity contribution in [2.75, 3.05) is 7.05 Å². The van der Waals surface area contributed by atoms with Crippen molar-refractivity contribution in [3.63, 3.8) is 0 Å². The Labute approximate surface area is 64.5 Å². The molecule has 0 aliphatic rings. The Morgan fingerprint density at radius 2 is 2.10 bits per heavy atom. The molecule has 62 valence electrons. The fraction of sp³-hybridized carbons (Fsp3) is 0.875. The molecule has 2 heteroatoms. The van der Waals surface area contributed by atoms with Crippen molar-refractivity contribution < 1.29 is 6.22 Å². The first kappa shape index (κ1) is 9.63. The van der Waals surface area contributed by atoms with Gasteiger partial charge in [0.2, 0.25) is 0 Å². The molecule has 0 heterocycles. The van der Waals surface area contributed by atoms with E-state index < -0.39 is 0 Å². The highest BCUT2D eigenvalue weighted by Crippen LogP contribution is 2.04. The number of likely N-dealkylation sites (N-methyl/N-ethyl adjacent to an activating group) is 1. The summed E-state index contributed by atoms with van der Waals surface area (Å²) in [5.74, 6) is 0.507. The van der Waals surface area contributed by atoms with Gasteiger partial charge < -0.3 is 5.32 Å². The molecule has 0 radical (unpaired) electrons. The summed E-state index contributed by atoms with van der Waals surface area (Å²) < 4.78 is 0. The van der Waals surface area contributed by atoms with E-state index in [4.69, 9.17) is 0 Å². The van der Waals surface area contributed by atoms with Crippen molar-refractivity contribution in [1.82, 2.24) is 5.32 Å². The molecule has 10 heavy (non-hydrogen) atoms. The van der Waals surface area contributed by atoms with E-state index in [2.05, 4.69) is 5.32 Å². The Balaban J connectivity index is 0. The predicted molar refractivity (Wildman–Crippen MR) is 45.1 cm³/mol. The summed E-state index contributed by atoms with van der Waals surface area (Å²) in [5, 5.41) is 2.93. The molecule has 0 spiro atoms. The fourth-order valence-electron chi connectivity index (χ4n) is 0.770. The van der Waals surface area contributed by atoms with Crippen LogP contribution in [0.1, 0.15) is 28.6 Å². The molecule has 1 N–H and O–H groups in total. The number of nitrogens with one attached hydrogen (secondary N) is 1. The lowest BCUT2D eigenvalue weighted by Crippen LogP contribution is -2.34. The second-order valence-electron chi connectivity index (χ2n) is 2.72. The van der Waals surface area contributed by atoms with Crippen molar-refractivity contribution in [3.05, 3.63) is 0 Å². The van der Waals surface area contributed by atoms with Crippen molar-refractivity contribution in [3.8, 4) is 0 Å². The molecule has 0 amide bonds. The molecule has 0 rings (SSSR count). The third kappa shape index (κ3) is 2.48. The van der Waals surface area contributed by atoms with Crippen LogP contribution in [0.25, 0.3) is 0 Å². The first-order valence-electron chi connectivity index (χ1n) is 3.84. The number of hydrogen-bond donors (Lipinski definition) is 1. The number of carbonyl (C=O) groups excluding carboxylic acids is 1. The average Bonchev–Trinajstić information content (AvgIpc) is 2.00. The van der Waals surface area contributed by atoms with Gasteiger partial charge in [0.05, 0.1) is 6.04 Å². The second-order valence-corrected chi connectivity index (χ2v) is 2.72. The van der Waals surface area contributed by atoms with Crippen LogP contribution in [0.15, 0.2) is 0 Å². The topological polar surface area (TPSA) is 29.1 Å². The highest BCUT2D eigenvalue weighted by atomic mass is 16.1. The lowest BCUT2D eigenvalue weighted by atomic mass is 9.99. The van der Waals surface area contributed by atoms with Crippen LogP contribution in [0.3, 0.4) is 0 Å². The molecular formula is C8H19NO. The zero-order chi connectivity index (χ0) is 8.15. The minimum atomic E-state index is 0. The largest absolute Gasteiger partial charge is 0.311 e. The minimum Gasteiger partial charge on any atom is -0.311 e. The maximum atomic E-state index is 11.2. The predicted octanol–water partition coefficient (Wildman–Crippen LogP) is 1.46. The summed E-state index contributed by atoms with van der Waals surface area (Å²) in [4.78, 5) is 11.2. The molecular weight excluding hydrogens is 126 g/mol. The molecule has 2 atom stereocenters. The van der Waals surface area contributed by atoms with E-state index in [-0.39, 0.29) is 13.4 Å². The van der Waals surface area contributed by atoms with Crippen LogP contribution in [0, 0.1) is 5.92 Å². The Morgan fingerprint density at radius 1 is 1.60 bits per heavy atom. The SMILES string of the molecule is CCC(C)C(=O)[C@H](C)NC.[HH]. The quantitative estimate of drug-likeness (QED) is 0.649. The van der Waals surface area contributed by atoms with Crippen LogP contribution in [0.4, 0.5) is 0 Å². The minimum absolute atomic E-state index is 0. The van der Waals surface area contributed by atoms with Crippen LogP contribution < -0.4 is 5.32 Å².